The predicted molar refractivity (Wildman–Crippen MR) is 60.8 cm³/mol. The van der Waals surface area contributed by atoms with Gasteiger partial charge in [0.05, 0.1) is 10.5 Å². The normalized spacial score (nSPS) is 11.1. The molecule has 0 aliphatic rings. The second-order valence-electron chi connectivity index (χ2n) is 4.35. The zero-order valence-electron chi connectivity index (χ0n) is 8.98. The van der Waals surface area contributed by atoms with Crippen LogP contribution in [0.15, 0.2) is 24.3 Å². The first kappa shape index (κ1) is 11.6. The highest BCUT2D eigenvalue weighted by Crippen LogP contribution is 2.22. The predicted octanol–water partition coefficient (Wildman–Crippen LogP) is 2.65. The van der Waals surface area contributed by atoms with Crippen LogP contribution in [-0.2, 0) is 0 Å². The van der Waals surface area contributed by atoms with Gasteiger partial charge in [-0.15, -0.1) is 0 Å². The molecule has 0 saturated carbocycles. The van der Waals surface area contributed by atoms with Gasteiger partial charge in [0.15, 0.2) is 0 Å². The third kappa shape index (κ3) is 2.50. The number of nitro groups is 1. The molecule has 0 saturated heterocycles. The van der Waals surface area contributed by atoms with Crippen LogP contribution in [0.2, 0.25) is 19.6 Å². The summed E-state index contributed by atoms with van der Waals surface area (Å²) in [7, 11) is -2.02. The highest BCUT2D eigenvalue weighted by atomic mass is 28.3. The van der Waals surface area contributed by atoms with Gasteiger partial charge in [-0.2, -0.15) is 0 Å². The summed E-state index contributed by atoms with van der Waals surface area (Å²) in [5.41, 5.74) is 0.145. The van der Waals surface area contributed by atoms with Gasteiger partial charge in [-0.05, 0) is 6.07 Å². The number of carbonyl (C=O) groups is 1. The summed E-state index contributed by atoms with van der Waals surface area (Å²) in [6.07, 6.45) is 0. The Balaban J connectivity index is 3.26. The molecule has 0 unspecified atom stereocenters. The molecule has 0 heterocycles. The van der Waals surface area contributed by atoms with E-state index in [1.165, 1.54) is 12.1 Å². The van der Waals surface area contributed by atoms with Crippen LogP contribution >= 0.6 is 0 Å². The maximum absolute atomic E-state index is 11.9. The van der Waals surface area contributed by atoms with E-state index in [0.717, 1.165) is 0 Å². The van der Waals surface area contributed by atoms with E-state index in [4.69, 9.17) is 0 Å². The lowest BCUT2D eigenvalue weighted by Crippen LogP contribution is -2.33. The maximum atomic E-state index is 11.9. The average Bonchev–Trinajstić information content (AvgIpc) is 2.15. The molecule has 5 heteroatoms. The molecule has 0 spiro atoms. The van der Waals surface area contributed by atoms with Crippen molar-refractivity contribution in [2.75, 3.05) is 0 Å². The summed E-state index contributed by atoms with van der Waals surface area (Å²) in [6, 6.07) is 6.12. The Labute approximate surface area is 89.1 Å². The Morgan fingerprint density at radius 3 is 2.27 bits per heavy atom. The van der Waals surface area contributed by atoms with Gasteiger partial charge in [0.25, 0.3) is 5.69 Å². The van der Waals surface area contributed by atoms with Gasteiger partial charge in [0.2, 0.25) is 0 Å². The molecule has 0 aliphatic heterocycles. The number of rotatable bonds is 3. The fourth-order valence-corrected chi connectivity index (χ4v) is 2.25. The maximum Gasteiger partial charge on any atom is 0.279 e. The fraction of sp³-hybridized carbons (Fsp3) is 0.300. The first-order valence-electron chi connectivity index (χ1n) is 4.62. The minimum atomic E-state index is -2.02. The molecular weight excluding hydrogens is 210 g/mol. The van der Waals surface area contributed by atoms with Crippen molar-refractivity contribution in [3.05, 3.63) is 39.9 Å². The van der Waals surface area contributed by atoms with Crippen molar-refractivity contribution >= 4 is 19.2 Å². The minimum Gasteiger partial charge on any atom is -0.300 e. The van der Waals surface area contributed by atoms with E-state index in [-0.39, 0.29) is 16.7 Å². The van der Waals surface area contributed by atoms with Gasteiger partial charge < -0.3 is 0 Å². The van der Waals surface area contributed by atoms with E-state index in [0.29, 0.717) is 0 Å². The molecule has 1 aromatic carbocycles. The van der Waals surface area contributed by atoms with E-state index in [1.807, 2.05) is 19.6 Å². The van der Waals surface area contributed by atoms with Crippen LogP contribution in [0.25, 0.3) is 0 Å². The third-order valence-electron chi connectivity index (χ3n) is 2.03. The van der Waals surface area contributed by atoms with Gasteiger partial charge in [-0.25, -0.2) is 0 Å². The summed E-state index contributed by atoms with van der Waals surface area (Å²) in [5.74, 6) is 0. The van der Waals surface area contributed by atoms with Crippen LogP contribution in [0, 0.1) is 10.1 Å². The molecule has 0 aromatic heterocycles. The SMILES string of the molecule is C[Si](C)(C)C(=O)c1ccccc1[N+](=O)[O-]. The van der Waals surface area contributed by atoms with Crippen LogP contribution < -0.4 is 0 Å². The van der Waals surface area contributed by atoms with Crippen molar-refractivity contribution in [2.24, 2.45) is 0 Å². The van der Waals surface area contributed by atoms with E-state index in [2.05, 4.69) is 0 Å². The molecule has 4 nitrogen and oxygen atoms in total. The van der Waals surface area contributed by atoms with Crippen molar-refractivity contribution in [1.82, 2.24) is 0 Å². The quantitative estimate of drug-likeness (QED) is 0.449. The van der Waals surface area contributed by atoms with E-state index in [1.54, 1.807) is 12.1 Å². The van der Waals surface area contributed by atoms with Gasteiger partial charge in [-0.3, -0.25) is 14.9 Å². The number of benzene rings is 1. The smallest absolute Gasteiger partial charge is 0.279 e. The number of carbonyl (C=O) groups excluding carboxylic acids is 1. The topological polar surface area (TPSA) is 60.2 Å². The Bertz CT molecular complexity index is 409. The Morgan fingerprint density at radius 1 is 1.27 bits per heavy atom. The van der Waals surface area contributed by atoms with Crippen LogP contribution in [0.1, 0.15) is 10.4 Å². The second-order valence-corrected chi connectivity index (χ2v) is 9.31. The molecule has 15 heavy (non-hydrogen) atoms. The minimum absolute atomic E-state index is 0.0743. The van der Waals surface area contributed by atoms with E-state index < -0.39 is 13.0 Å². The molecule has 1 aromatic rings. The van der Waals surface area contributed by atoms with Crippen molar-refractivity contribution in [2.45, 2.75) is 19.6 Å². The standard InChI is InChI=1S/C10H13NO3Si/c1-15(2,3)10(12)8-6-4-5-7-9(8)11(13)14/h4-7H,1-3H3. The van der Waals surface area contributed by atoms with Gasteiger partial charge in [0.1, 0.15) is 13.5 Å². The number of hydrogen-bond acceptors (Lipinski definition) is 3. The summed E-state index contributed by atoms with van der Waals surface area (Å²) in [4.78, 5) is 22.2. The summed E-state index contributed by atoms with van der Waals surface area (Å²) >= 11 is 0. The molecule has 0 bridgehead atoms. The summed E-state index contributed by atoms with van der Waals surface area (Å²) in [5, 5.41) is 10.6. The summed E-state index contributed by atoms with van der Waals surface area (Å²) < 4.78 is 0. The zero-order valence-corrected chi connectivity index (χ0v) is 9.98. The largest absolute Gasteiger partial charge is 0.300 e. The number of nitro benzene ring substituents is 1. The molecule has 0 N–H and O–H groups in total. The summed E-state index contributed by atoms with van der Waals surface area (Å²) in [6.45, 7) is 5.64. The van der Waals surface area contributed by atoms with Crippen molar-refractivity contribution in [3.63, 3.8) is 0 Å². The molecule has 0 aliphatic carbocycles. The Morgan fingerprint density at radius 2 is 1.80 bits per heavy atom. The van der Waals surface area contributed by atoms with E-state index >= 15 is 0 Å². The van der Waals surface area contributed by atoms with Crippen molar-refractivity contribution in [3.8, 4) is 0 Å². The monoisotopic (exact) mass is 223 g/mol. The lowest BCUT2D eigenvalue weighted by Gasteiger charge is -2.13. The van der Waals surface area contributed by atoms with E-state index in [9.17, 15) is 14.9 Å². The first-order valence-corrected chi connectivity index (χ1v) is 8.12. The fourth-order valence-electron chi connectivity index (χ4n) is 1.23. The second kappa shape index (κ2) is 3.94. The Kier molecular flexibility index (Phi) is 3.04. The molecular formula is C10H13NO3Si. The molecule has 0 atom stereocenters. The number of nitrogens with zero attached hydrogens (tertiary/aromatic N) is 1. The zero-order chi connectivity index (χ0) is 11.6. The molecule has 0 radical (unpaired) electrons. The lowest BCUT2D eigenvalue weighted by molar-refractivity contribution is -0.385. The van der Waals surface area contributed by atoms with Crippen LogP contribution in [-0.4, -0.2) is 18.4 Å². The van der Waals surface area contributed by atoms with Gasteiger partial charge >= 0.3 is 0 Å². The number of para-hydroxylation sites is 1. The van der Waals surface area contributed by atoms with Gasteiger partial charge in [-0.1, -0.05) is 31.8 Å². The highest BCUT2D eigenvalue weighted by Gasteiger charge is 2.30. The average molecular weight is 223 g/mol. The van der Waals surface area contributed by atoms with Crippen molar-refractivity contribution < 1.29 is 9.72 Å². The Hall–Kier alpha value is -1.49. The van der Waals surface area contributed by atoms with Crippen LogP contribution in [0.4, 0.5) is 5.69 Å². The molecule has 80 valence electrons. The first-order chi connectivity index (χ1) is 6.84. The van der Waals surface area contributed by atoms with Crippen LogP contribution in [0.3, 0.4) is 0 Å². The van der Waals surface area contributed by atoms with Gasteiger partial charge in [0, 0.05) is 6.07 Å². The van der Waals surface area contributed by atoms with Crippen LogP contribution in [0.5, 0.6) is 0 Å². The third-order valence-corrected chi connectivity index (χ3v) is 3.66. The molecule has 1 rings (SSSR count). The number of hydrogen-bond donors (Lipinski definition) is 0. The highest BCUT2D eigenvalue weighted by molar-refractivity contribution is 7.05. The molecule has 0 fully saturated rings. The molecule has 0 amide bonds. The lowest BCUT2D eigenvalue weighted by atomic mass is 10.2. The van der Waals surface area contributed by atoms with Crippen molar-refractivity contribution in [1.29, 1.82) is 0 Å².